The molecule has 0 aromatic rings. The van der Waals surface area contributed by atoms with Crippen molar-refractivity contribution in [3.63, 3.8) is 0 Å². The Labute approximate surface area is 100 Å². The van der Waals surface area contributed by atoms with E-state index in [0.717, 1.165) is 0 Å². The zero-order valence-electron chi connectivity index (χ0n) is 10.6. The number of carbonyl (C=O) groups is 3. The monoisotopic (exact) mass is 242 g/mol. The van der Waals surface area contributed by atoms with Gasteiger partial charge in [-0.1, -0.05) is 0 Å². The quantitative estimate of drug-likeness (QED) is 0.728. The largest absolute Gasteiger partial charge is 0.365 e. The average Bonchev–Trinajstić information content (AvgIpc) is 2.15. The van der Waals surface area contributed by atoms with E-state index in [1.165, 1.54) is 27.7 Å². The molecule has 5 nitrogen and oxygen atoms in total. The molecule has 1 aliphatic rings. The predicted molar refractivity (Wildman–Crippen MR) is 59.2 cm³/mol. The third-order valence-electron chi connectivity index (χ3n) is 3.65. The lowest BCUT2D eigenvalue weighted by Crippen LogP contribution is -2.56. The SMILES string of the molecule is CC(=O)[C@H]1CC(C(C)=O)(C(C)=O)CO[C@@]1(C)O. The highest BCUT2D eigenvalue weighted by Crippen LogP contribution is 2.41. The summed E-state index contributed by atoms with van der Waals surface area (Å²) >= 11 is 0. The van der Waals surface area contributed by atoms with E-state index in [2.05, 4.69) is 0 Å². The van der Waals surface area contributed by atoms with Crippen LogP contribution in [0.5, 0.6) is 0 Å². The minimum absolute atomic E-state index is 0.0139. The molecule has 0 amide bonds. The Morgan fingerprint density at radius 2 is 1.65 bits per heavy atom. The van der Waals surface area contributed by atoms with Crippen molar-refractivity contribution in [1.29, 1.82) is 0 Å². The fourth-order valence-corrected chi connectivity index (χ4v) is 2.23. The van der Waals surface area contributed by atoms with E-state index >= 15 is 0 Å². The molecule has 0 aliphatic carbocycles. The number of ketones is 3. The second-order valence-corrected chi connectivity index (χ2v) is 4.91. The van der Waals surface area contributed by atoms with Crippen molar-refractivity contribution in [2.24, 2.45) is 11.3 Å². The highest BCUT2D eigenvalue weighted by atomic mass is 16.6. The number of hydrogen-bond acceptors (Lipinski definition) is 5. The standard InChI is InChI=1S/C12H18O5/c1-7(13)10-5-12(8(2)14,9(3)15)6-17-11(10,4)16/h10,16H,5-6H2,1-4H3/t10-,11-/m1/s1. The lowest BCUT2D eigenvalue weighted by atomic mass is 9.69. The first kappa shape index (κ1) is 14.0. The molecule has 1 aliphatic heterocycles. The molecule has 17 heavy (non-hydrogen) atoms. The van der Waals surface area contributed by atoms with Crippen LogP contribution in [0.25, 0.3) is 0 Å². The van der Waals surface area contributed by atoms with Crippen molar-refractivity contribution in [3.05, 3.63) is 0 Å². The molecule has 0 aromatic carbocycles. The van der Waals surface area contributed by atoms with E-state index in [1.54, 1.807) is 0 Å². The van der Waals surface area contributed by atoms with Gasteiger partial charge in [0.1, 0.15) is 22.8 Å². The predicted octanol–water partition coefficient (Wildman–Crippen LogP) is 0.485. The van der Waals surface area contributed by atoms with Crippen molar-refractivity contribution in [1.82, 2.24) is 0 Å². The van der Waals surface area contributed by atoms with Gasteiger partial charge in [0.15, 0.2) is 5.79 Å². The second kappa shape index (κ2) is 4.31. The molecule has 0 unspecified atom stereocenters. The maximum atomic E-state index is 11.6. The van der Waals surface area contributed by atoms with Crippen LogP contribution in [0.1, 0.15) is 34.1 Å². The van der Waals surface area contributed by atoms with Crippen LogP contribution in [0.3, 0.4) is 0 Å². The van der Waals surface area contributed by atoms with E-state index in [-0.39, 0.29) is 30.4 Å². The Balaban J connectivity index is 3.13. The van der Waals surface area contributed by atoms with Gasteiger partial charge >= 0.3 is 0 Å². The van der Waals surface area contributed by atoms with Crippen molar-refractivity contribution in [3.8, 4) is 0 Å². The van der Waals surface area contributed by atoms with Gasteiger partial charge in [-0.25, -0.2) is 0 Å². The molecule has 2 atom stereocenters. The Morgan fingerprint density at radius 3 is 2.00 bits per heavy atom. The van der Waals surface area contributed by atoms with Gasteiger partial charge in [0.05, 0.1) is 12.5 Å². The molecule has 0 saturated carbocycles. The molecule has 0 aromatic heterocycles. The fraction of sp³-hybridized carbons (Fsp3) is 0.750. The van der Waals surface area contributed by atoms with E-state index in [4.69, 9.17) is 4.74 Å². The van der Waals surface area contributed by atoms with Gasteiger partial charge in [-0.05, 0) is 34.1 Å². The molecule has 1 N–H and O–H groups in total. The lowest BCUT2D eigenvalue weighted by Gasteiger charge is -2.44. The Hall–Kier alpha value is -1.07. The van der Waals surface area contributed by atoms with Gasteiger partial charge in [-0.2, -0.15) is 0 Å². The summed E-state index contributed by atoms with van der Waals surface area (Å²) in [4.78, 5) is 34.8. The summed E-state index contributed by atoms with van der Waals surface area (Å²) < 4.78 is 5.17. The van der Waals surface area contributed by atoms with Crippen LogP contribution in [0, 0.1) is 11.3 Å². The molecule has 1 rings (SSSR count). The van der Waals surface area contributed by atoms with Crippen molar-refractivity contribution < 1.29 is 24.2 Å². The van der Waals surface area contributed by atoms with Gasteiger partial charge in [0.25, 0.3) is 0 Å². The van der Waals surface area contributed by atoms with Crippen LogP contribution in [0.2, 0.25) is 0 Å². The lowest BCUT2D eigenvalue weighted by molar-refractivity contribution is -0.259. The number of Topliss-reactive ketones (excluding diaryl/α,β-unsaturated/α-hetero) is 3. The molecule has 0 radical (unpaired) electrons. The number of carbonyl (C=O) groups excluding carboxylic acids is 3. The number of rotatable bonds is 3. The number of aliphatic hydroxyl groups is 1. The Bertz CT molecular complexity index is 355. The van der Waals surface area contributed by atoms with Gasteiger partial charge in [-0.3, -0.25) is 14.4 Å². The summed E-state index contributed by atoms with van der Waals surface area (Å²) in [5.41, 5.74) is -1.29. The van der Waals surface area contributed by atoms with Gasteiger partial charge in [0, 0.05) is 0 Å². The van der Waals surface area contributed by atoms with Crippen LogP contribution < -0.4 is 0 Å². The van der Waals surface area contributed by atoms with Gasteiger partial charge < -0.3 is 9.84 Å². The van der Waals surface area contributed by atoms with E-state index in [0.29, 0.717) is 0 Å². The van der Waals surface area contributed by atoms with Crippen LogP contribution >= 0.6 is 0 Å². The van der Waals surface area contributed by atoms with Crippen LogP contribution in [0.15, 0.2) is 0 Å². The highest BCUT2D eigenvalue weighted by Gasteiger charge is 2.53. The summed E-state index contributed by atoms with van der Waals surface area (Å²) in [7, 11) is 0. The fourth-order valence-electron chi connectivity index (χ4n) is 2.23. The van der Waals surface area contributed by atoms with Crippen LogP contribution in [0.4, 0.5) is 0 Å². The average molecular weight is 242 g/mol. The number of ether oxygens (including phenoxy) is 1. The summed E-state index contributed by atoms with van der Waals surface area (Å²) in [6, 6.07) is 0. The van der Waals surface area contributed by atoms with Gasteiger partial charge in [0.2, 0.25) is 0 Å². The number of hydrogen-bond donors (Lipinski definition) is 1. The molecule has 0 bridgehead atoms. The smallest absolute Gasteiger partial charge is 0.172 e. The first-order valence-electron chi connectivity index (χ1n) is 5.52. The molecule has 5 heteroatoms. The third kappa shape index (κ3) is 2.30. The van der Waals surface area contributed by atoms with Crippen molar-refractivity contribution in [2.45, 2.75) is 39.9 Å². The van der Waals surface area contributed by atoms with Gasteiger partial charge in [-0.15, -0.1) is 0 Å². The zero-order valence-corrected chi connectivity index (χ0v) is 10.6. The molecule has 96 valence electrons. The topological polar surface area (TPSA) is 80.7 Å². The first-order valence-corrected chi connectivity index (χ1v) is 5.52. The van der Waals surface area contributed by atoms with E-state index in [1.807, 2.05) is 0 Å². The molecular weight excluding hydrogens is 224 g/mol. The van der Waals surface area contributed by atoms with E-state index < -0.39 is 17.1 Å². The minimum Gasteiger partial charge on any atom is -0.365 e. The molecular formula is C12H18O5. The summed E-state index contributed by atoms with van der Waals surface area (Å²) in [5, 5.41) is 9.93. The second-order valence-electron chi connectivity index (χ2n) is 4.91. The Morgan fingerprint density at radius 1 is 1.18 bits per heavy atom. The maximum absolute atomic E-state index is 11.6. The first-order chi connectivity index (χ1) is 7.63. The normalized spacial score (nSPS) is 31.9. The van der Waals surface area contributed by atoms with Crippen molar-refractivity contribution in [2.75, 3.05) is 6.61 Å². The highest BCUT2D eigenvalue weighted by molar-refractivity contribution is 6.05. The minimum atomic E-state index is -1.61. The summed E-state index contributed by atoms with van der Waals surface area (Å²) in [6.07, 6.45) is 0.0139. The Kier molecular flexibility index (Phi) is 3.55. The molecule has 1 saturated heterocycles. The molecule has 0 spiro atoms. The maximum Gasteiger partial charge on any atom is 0.172 e. The van der Waals surface area contributed by atoms with E-state index in [9.17, 15) is 19.5 Å². The summed E-state index contributed by atoms with van der Waals surface area (Å²) in [5.74, 6) is -3.41. The summed E-state index contributed by atoms with van der Waals surface area (Å²) in [6.45, 7) is 5.14. The zero-order chi connectivity index (χ0) is 13.4. The van der Waals surface area contributed by atoms with Crippen molar-refractivity contribution >= 4 is 17.3 Å². The third-order valence-corrected chi connectivity index (χ3v) is 3.65. The molecule has 1 fully saturated rings. The van der Waals surface area contributed by atoms with Crippen LogP contribution in [-0.4, -0.2) is 34.9 Å². The molecule has 1 heterocycles. The van der Waals surface area contributed by atoms with Crippen LogP contribution in [-0.2, 0) is 19.1 Å².